The zero-order chi connectivity index (χ0) is 25.7. The Labute approximate surface area is 219 Å². The normalized spacial score (nSPS) is 9.56. The fourth-order valence-electron chi connectivity index (χ4n) is 3.66. The Morgan fingerprint density at radius 2 is 0.853 bits per heavy atom. The average Bonchev–Trinajstić information content (AvgIpc) is 2.89. The maximum atomic E-state index is 7.13. The molecule has 0 saturated carbocycles. The minimum absolute atomic E-state index is 1.28. The predicted molar refractivity (Wildman–Crippen MR) is 152 cm³/mol. The summed E-state index contributed by atoms with van der Waals surface area (Å²) in [5.41, 5.74) is 13.5. The van der Waals surface area contributed by atoms with Gasteiger partial charge in [0.05, 0.1) is 26.2 Å². The molecule has 3 aromatic carbocycles. The van der Waals surface area contributed by atoms with E-state index in [9.17, 15) is 0 Å². The molecule has 0 unspecified atom stereocenters. The van der Waals surface area contributed by atoms with Crippen molar-refractivity contribution < 1.29 is 4.48 Å². The number of hydrogen-bond donors (Lipinski definition) is 0. The zero-order valence-electron chi connectivity index (χ0n) is 20.6. The van der Waals surface area contributed by atoms with Crippen LogP contribution in [0.5, 0.6) is 0 Å². The molecule has 0 aliphatic heterocycles. The molecule has 5 nitrogen and oxygen atoms in total. The van der Waals surface area contributed by atoms with Crippen molar-refractivity contribution in [2.45, 2.75) is 27.7 Å². The van der Waals surface area contributed by atoms with E-state index in [0.717, 1.165) is 0 Å². The summed E-state index contributed by atoms with van der Waals surface area (Å²) in [5, 5.41) is 8.47. The third kappa shape index (κ3) is 11.7. The SMILES string of the molecule is CC[N+](CC)(CC)CC.[N-]=C=S.[N-]=[N+]=[N-].c1cc[c]([Pb]([c]2ccccc2)[c]2ccccc2)cc1. The van der Waals surface area contributed by atoms with Crippen LogP contribution in [0.4, 0.5) is 0 Å². The Morgan fingerprint density at radius 3 is 1.00 bits per heavy atom. The minimum atomic E-state index is -2.17. The van der Waals surface area contributed by atoms with E-state index in [2.05, 4.69) is 131 Å². The van der Waals surface area contributed by atoms with Gasteiger partial charge in [-0.2, -0.15) is 5.16 Å². The summed E-state index contributed by atoms with van der Waals surface area (Å²) < 4.78 is 5.92. The molecule has 0 aliphatic carbocycles. The van der Waals surface area contributed by atoms with E-state index < -0.39 is 22.7 Å². The Morgan fingerprint density at radius 1 is 0.647 bits per heavy atom. The summed E-state index contributed by atoms with van der Waals surface area (Å²) in [4.78, 5) is 1.50. The third-order valence-corrected chi connectivity index (χ3v) is 16.5. The number of hydrogen-bond acceptors (Lipinski definition) is 1. The molecule has 3 aromatic rings. The second-order valence-electron chi connectivity index (χ2n) is 7.26. The predicted octanol–water partition coefficient (Wildman–Crippen LogP) is 5.61. The van der Waals surface area contributed by atoms with Crippen LogP contribution in [0.2, 0.25) is 0 Å². The molecular formula is C27H35N5PbS-. The van der Waals surface area contributed by atoms with Crippen LogP contribution in [0.1, 0.15) is 27.7 Å². The van der Waals surface area contributed by atoms with Crippen molar-refractivity contribution in [3.8, 4) is 0 Å². The first kappa shape index (κ1) is 31.7. The average molecular weight is 669 g/mol. The number of isothiocyanates is 1. The van der Waals surface area contributed by atoms with Gasteiger partial charge in [0.1, 0.15) is 0 Å². The Balaban J connectivity index is 0.000000610. The van der Waals surface area contributed by atoms with Crippen LogP contribution >= 0.6 is 12.2 Å². The standard InChI is InChI=1S/C8H20N.3C6H5.CNS.N3.Pb/c1-5-9(6-2,7-3)8-4;3*1-2-4-6-5-3-1;2-1-3;1-3-2;/h5-8H2,1-4H3;3*1-5H;;;/q+1;;;;2*-1;. The van der Waals surface area contributed by atoms with Crippen molar-refractivity contribution >= 4 is 49.5 Å². The van der Waals surface area contributed by atoms with Crippen LogP contribution in [0.25, 0.3) is 21.4 Å². The molecule has 34 heavy (non-hydrogen) atoms. The van der Waals surface area contributed by atoms with E-state index in [1.165, 1.54) is 40.7 Å². The summed E-state index contributed by atoms with van der Waals surface area (Å²) in [6, 6.07) is 33.0. The first-order chi connectivity index (χ1) is 16.5. The molecule has 0 fully saturated rings. The Kier molecular flexibility index (Phi) is 18.7. The van der Waals surface area contributed by atoms with Gasteiger partial charge in [-0.1, -0.05) is 12.2 Å². The summed E-state index contributed by atoms with van der Waals surface area (Å²) in [6.07, 6.45) is 0. The van der Waals surface area contributed by atoms with Gasteiger partial charge in [0, 0.05) is 0 Å². The van der Waals surface area contributed by atoms with Crippen molar-refractivity contribution in [2.75, 3.05) is 26.2 Å². The fraction of sp³-hybridized carbons (Fsp3) is 0.296. The van der Waals surface area contributed by atoms with Gasteiger partial charge in [0.15, 0.2) is 0 Å². The van der Waals surface area contributed by atoms with Gasteiger partial charge in [0.2, 0.25) is 0 Å². The second-order valence-corrected chi connectivity index (χ2v) is 17.1. The van der Waals surface area contributed by atoms with E-state index >= 15 is 0 Å². The number of thiocarbonyl (C=S) groups is 1. The fourth-order valence-corrected chi connectivity index (χ4v) is 13.7. The molecule has 0 N–H and O–H groups in total. The second kappa shape index (κ2) is 20.1. The first-order valence-electron chi connectivity index (χ1n) is 11.4. The van der Waals surface area contributed by atoms with Crippen LogP contribution in [0.15, 0.2) is 91.0 Å². The maximum absolute atomic E-state index is 7.13. The van der Waals surface area contributed by atoms with E-state index in [0.29, 0.717) is 0 Å². The Bertz CT molecular complexity index is 829. The summed E-state index contributed by atoms with van der Waals surface area (Å²) >= 11 is 1.53. The van der Waals surface area contributed by atoms with Gasteiger partial charge >= 0.3 is 123 Å². The van der Waals surface area contributed by atoms with Gasteiger partial charge in [-0.05, 0) is 27.7 Å². The van der Waals surface area contributed by atoms with Crippen LogP contribution in [-0.4, -0.2) is 58.5 Å². The molecule has 0 heterocycles. The van der Waals surface area contributed by atoms with Crippen molar-refractivity contribution in [3.63, 3.8) is 0 Å². The summed E-state index contributed by atoms with van der Waals surface area (Å²) in [6.45, 7) is 14.2. The van der Waals surface area contributed by atoms with E-state index in [1.54, 1.807) is 9.37 Å². The van der Waals surface area contributed by atoms with Gasteiger partial charge < -0.3 is 21.0 Å². The van der Waals surface area contributed by atoms with Gasteiger partial charge in [-0.3, -0.25) is 4.91 Å². The molecule has 1 radical (unpaired) electrons. The van der Waals surface area contributed by atoms with Crippen molar-refractivity contribution in [1.29, 1.82) is 0 Å². The van der Waals surface area contributed by atoms with E-state index in [4.69, 9.17) is 16.5 Å². The van der Waals surface area contributed by atoms with E-state index in [-0.39, 0.29) is 0 Å². The zero-order valence-corrected chi connectivity index (χ0v) is 25.3. The van der Waals surface area contributed by atoms with Gasteiger partial charge in [0.25, 0.3) is 0 Å². The van der Waals surface area contributed by atoms with Crippen LogP contribution < -0.4 is 9.37 Å². The molecule has 0 aliphatic rings. The number of nitrogens with zero attached hydrogens (tertiary/aromatic N) is 5. The molecule has 3 rings (SSSR count). The molecule has 0 saturated heterocycles. The van der Waals surface area contributed by atoms with Crippen LogP contribution in [-0.2, 0) is 0 Å². The molecule has 0 atom stereocenters. The van der Waals surface area contributed by atoms with Crippen molar-refractivity contribution in [1.82, 2.24) is 0 Å². The topological polar surface area (TPSA) is 81.0 Å². The van der Waals surface area contributed by atoms with Crippen molar-refractivity contribution in [2.24, 2.45) is 0 Å². The molecule has 7 heteroatoms. The van der Waals surface area contributed by atoms with Gasteiger partial charge in [-0.15, -0.1) is 0 Å². The van der Waals surface area contributed by atoms with E-state index in [1.807, 2.05) is 0 Å². The Hall–Kier alpha value is -2.35. The first-order valence-corrected chi connectivity index (χ1v) is 17.6. The molecule has 0 bridgehead atoms. The van der Waals surface area contributed by atoms with Crippen LogP contribution in [0.3, 0.4) is 0 Å². The molecule has 0 aromatic heterocycles. The molecule has 0 amide bonds. The number of quaternary nitrogens is 1. The molecule has 179 valence electrons. The summed E-state index contributed by atoms with van der Waals surface area (Å²) in [7, 11) is 0. The number of benzene rings is 3. The molecule has 0 spiro atoms. The number of rotatable bonds is 7. The van der Waals surface area contributed by atoms with Crippen LogP contribution in [0, 0.1) is 0 Å². The third-order valence-electron chi connectivity index (χ3n) is 5.87. The monoisotopic (exact) mass is 669 g/mol. The summed E-state index contributed by atoms with van der Waals surface area (Å²) in [5.74, 6) is 0. The van der Waals surface area contributed by atoms with Crippen molar-refractivity contribution in [3.05, 3.63) is 112 Å². The quantitative estimate of drug-likeness (QED) is 0.0613. The molecular weight excluding hydrogens is 634 g/mol. The van der Waals surface area contributed by atoms with Gasteiger partial charge in [-0.25, -0.2) is 0 Å².